The van der Waals surface area contributed by atoms with Gasteiger partial charge in [-0.2, -0.15) is 11.8 Å². The summed E-state index contributed by atoms with van der Waals surface area (Å²) in [6.45, 7) is 0. The molecule has 0 radical (unpaired) electrons. The number of rotatable bonds is 5. The fourth-order valence-corrected chi connectivity index (χ4v) is 4.36. The molecule has 7 heteroatoms. The van der Waals surface area contributed by atoms with E-state index in [-0.39, 0.29) is 17.6 Å². The number of amides is 1. The minimum absolute atomic E-state index is 0.190. The lowest BCUT2D eigenvalue weighted by Gasteiger charge is -2.23. The predicted octanol–water partition coefficient (Wildman–Crippen LogP) is 3.10. The minimum atomic E-state index is -0.954. The van der Waals surface area contributed by atoms with E-state index >= 15 is 0 Å². The van der Waals surface area contributed by atoms with Gasteiger partial charge in [-0.15, -0.1) is 0 Å². The van der Waals surface area contributed by atoms with Crippen LogP contribution in [-0.4, -0.2) is 38.2 Å². The van der Waals surface area contributed by atoms with E-state index in [4.69, 9.17) is 0 Å². The molecule has 1 amide bonds. The molecule has 0 saturated carbocycles. The van der Waals surface area contributed by atoms with E-state index in [0.29, 0.717) is 5.69 Å². The maximum absolute atomic E-state index is 13.4. The Kier molecular flexibility index (Phi) is 4.65. The van der Waals surface area contributed by atoms with Gasteiger partial charge in [0.2, 0.25) is 5.91 Å². The Morgan fingerprint density at radius 2 is 2.12 bits per heavy atom. The molecule has 2 unspecified atom stereocenters. The number of carbonyl (C=O) groups is 1. The summed E-state index contributed by atoms with van der Waals surface area (Å²) in [5.41, 5.74) is 2.32. The SMILES string of the molecule is O=C1CC(SCCc2nc3ccccc3[nH]2)C(O)N1c1cccc(F)c1. The van der Waals surface area contributed by atoms with Crippen LogP contribution in [0.1, 0.15) is 12.2 Å². The number of aliphatic hydroxyl groups excluding tert-OH is 1. The molecule has 2 aromatic carbocycles. The fraction of sp³-hybridized carbons (Fsp3) is 0.263. The molecule has 0 bridgehead atoms. The van der Waals surface area contributed by atoms with Gasteiger partial charge in [0.05, 0.1) is 16.3 Å². The third-order valence-corrected chi connectivity index (χ3v) is 5.72. The third-order valence-electron chi connectivity index (χ3n) is 4.44. The van der Waals surface area contributed by atoms with E-state index in [9.17, 15) is 14.3 Å². The summed E-state index contributed by atoms with van der Waals surface area (Å²) in [6, 6.07) is 13.6. The van der Waals surface area contributed by atoms with Crippen LogP contribution in [0.3, 0.4) is 0 Å². The van der Waals surface area contributed by atoms with Crippen LogP contribution in [0.4, 0.5) is 10.1 Å². The van der Waals surface area contributed by atoms with Gasteiger partial charge in [0.15, 0.2) is 0 Å². The van der Waals surface area contributed by atoms with Crippen molar-refractivity contribution >= 4 is 34.4 Å². The van der Waals surface area contributed by atoms with Crippen LogP contribution in [0.25, 0.3) is 11.0 Å². The number of fused-ring (bicyclic) bond motifs is 1. The Morgan fingerprint density at radius 3 is 2.92 bits per heavy atom. The molecule has 1 saturated heterocycles. The number of aromatic amines is 1. The first-order chi connectivity index (χ1) is 12.6. The quantitative estimate of drug-likeness (QED) is 0.723. The number of benzene rings is 2. The number of halogens is 1. The van der Waals surface area contributed by atoms with Crippen molar-refractivity contribution in [2.24, 2.45) is 0 Å². The van der Waals surface area contributed by atoms with Crippen LogP contribution >= 0.6 is 11.8 Å². The summed E-state index contributed by atoms with van der Waals surface area (Å²) >= 11 is 1.54. The Morgan fingerprint density at radius 1 is 1.27 bits per heavy atom. The molecule has 3 aromatic rings. The molecule has 0 aliphatic carbocycles. The first-order valence-electron chi connectivity index (χ1n) is 8.43. The van der Waals surface area contributed by atoms with E-state index in [0.717, 1.165) is 29.0 Å². The summed E-state index contributed by atoms with van der Waals surface area (Å²) in [5, 5.41) is 10.3. The van der Waals surface area contributed by atoms with E-state index in [1.807, 2.05) is 24.3 Å². The summed E-state index contributed by atoms with van der Waals surface area (Å²) in [6.07, 6.45) is 0.00381. The van der Waals surface area contributed by atoms with Crippen LogP contribution in [0.2, 0.25) is 0 Å². The lowest BCUT2D eigenvalue weighted by molar-refractivity contribution is -0.117. The lowest BCUT2D eigenvalue weighted by atomic mass is 10.3. The number of hydrogen-bond donors (Lipinski definition) is 2. The number of aryl methyl sites for hydroxylation is 1. The van der Waals surface area contributed by atoms with Gasteiger partial charge >= 0.3 is 0 Å². The largest absolute Gasteiger partial charge is 0.372 e. The molecule has 1 aliphatic heterocycles. The number of H-pyrrole nitrogens is 1. The number of nitrogens with one attached hydrogen (secondary N) is 1. The van der Waals surface area contributed by atoms with Crippen LogP contribution in [-0.2, 0) is 11.2 Å². The Labute approximate surface area is 154 Å². The predicted molar refractivity (Wildman–Crippen MR) is 101 cm³/mol. The number of thioether (sulfide) groups is 1. The number of imidazole rings is 1. The molecule has 0 spiro atoms. The molecule has 5 nitrogen and oxygen atoms in total. The number of para-hydroxylation sites is 2. The maximum atomic E-state index is 13.4. The average molecular weight is 371 g/mol. The smallest absolute Gasteiger partial charge is 0.230 e. The third kappa shape index (κ3) is 3.32. The van der Waals surface area contributed by atoms with E-state index in [2.05, 4.69) is 9.97 Å². The number of aliphatic hydroxyl groups is 1. The lowest BCUT2D eigenvalue weighted by Crippen LogP contribution is -2.36. The molecule has 1 aliphatic rings. The summed E-state index contributed by atoms with van der Waals surface area (Å²) < 4.78 is 13.4. The highest BCUT2D eigenvalue weighted by molar-refractivity contribution is 8.00. The number of nitrogens with zero attached hydrogens (tertiary/aromatic N) is 2. The molecule has 26 heavy (non-hydrogen) atoms. The summed E-state index contributed by atoms with van der Waals surface area (Å²) in [5.74, 6) is 0.999. The van der Waals surface area contributed by atoms with Crippen LogP contribution in [0, 0.1) is 5.82 Å². The van der Waals surface area contributed by atoms with Gasteiger partial charge in [-0.25, -0.2) is 9.37 Å². The maximum Gasteiger partial charge on any atom is 0.230 e. The molecule has 1 aromatic heterocycles. The first-order valence-corrected chi connectivity index (χ1v) is 9.47. The highest BCUT2D eigenvalue weighted by Crippen LogP contribution is 2.33. The number of anilines is 1. The standard InChI is InChI=1S/C19H18FN3O2S/c20-12-4-3-5-13(10-12)23-18(24)11-16(19(23)25)26-9-8-17-21-14-6-1-2-7-15(14)22-17/h1-7,10,16,19,25H,8-9,11H2,(H,21,22). The van der Waals surface area contributed by atoms with Gasteiger partial charge in [0.1, 0.15) is 17.9 Å². The van der Waals surface area contributed by atoms with Crippen molar-refractivity contribution in [2.75, 3.05) is 10.7 Å². The number of hydrogen-bond acceptors (Lipinski definition) is 4. The molecular weight excluding hydrogens is 353 g/mol. The van der Waals surface area contributed by atoms with E-state index in [1.165, 1.54) is 34.9 Å². The van der Waals surface area contributed by atoms with Crippen molar-refractivity contribution < 1.29 is 14.3 Å². The normalized spacial score (nSPS) is 20.2. The zero-order valence-corrected chi connectivity index (χ0v) is 14.7. The molecule has 1 fully saturated rings. The van der Waals surface area contributed by atoms with Crippen LogP contribution < -0.4 is 4.90 Å². The average Bonchev–Trinajstić information content (AvgIpc) is 3.15. The van der Waals surface area contributed by atoms with Gasteiger partial charge in [-0.1, -0.05) is 18.2 Å². The molecule has 2 atom stereocenters. The van der Waals surface area contributed by atoms with E-state index < -0.39 is 12.0 Å². The van der Waals surface area contributed by atoms with Crippen molar-refractivity contribution in [2.45, 2.75) is 24.3 Å². The van der Waals surface area contributed by atoms with Gasteiger partial charge in [-0.05, 0) is 30.3 Å². The fourth-order valence-electron chi connectivity index (χ4n) is 3.19. The Hall–Kier alpha value is -2.38. The second kappa shape index (κ2) is 7.09. The topological polar surface area (TPSA) is 69.2 Å². The monoisotopic (exact) mass is 371 g/mol. The second-order valence-corrected chi connectivity index (χ2v) is 7.57. The molecule has 2 N–H and O–H groups in total. The second-order valence-electron chi connectivity index (χ2n) is 6.22. The number of carbonyl (C=O) groups excluding carboxylic acids is 1. The van der Waals surface area contributed by atoms with Gasteiger partial charge in [-0.3, -0.25) is 9.69 Å². The van der Waals surface area contributed by atoms with Crippen LogP contribution in [0.15, 0.2) is 48.5 Å². The van der Waals surface area contributed by atoms with Crippen molar-refractivity contribution in [1.82, 2.24) is 9.97 Å². The molecule has 134 valence electrons. The Bertz CT molecular complexity index is 912. The van der Waals surface area contributed by atoms with Gasteiger partial charge in [0, 0.05) is 24.3 Å². The van der Waals surface area contributed by atoms with Crippen molar-refractivity contribution in [3.63, 3.8) is 0 Å². The van der Waals surface area contributed by atoms with Crippen LogP contribution in [0.5, 0.6) is 0 Å². The Balaban J connectivity index is 1.38. The van der Waals surface area contributed by atoms with Gasteiger partial charge < -0.3 is 10.1 Å². The van der Waals surface area contributed by atoms with E-state index in [1.54, 1.807) is 6.07 Å². The molecule has 4 rings (SSSR count). The minimum Gasteiger partial charge on any atom is -0.372 e. The highest BCUT2D eigenvalue weighted by Gasteiger charge is 2.39. The van der Waals surface area contributed by atoms with Gasteiger partial charge in [0.25, 0.3) is 0 Å². The zero-order chi connectivity index (χ0) is 18.1. The first kappa shape index (κ1) is 17.1. The number of aromatic nitrogens is 2. The molecule has 2 heterocycles. The summed E-state index contributed by atoms with van der Waals surface area (Å²) in [4.78, 5) is 21.4. The molecular formula is C19H18FN3O2S. The van der Waals surface area contributed by atoms with Crippen molar-refractivity contribution in [3.8, 4) is 0 Å². The van der Waals surface area contributed by atoms with Crippen molar-refractivity contribution in [3.05, 3.63) is 60.2 Å². The highest BCUT2D eigenvalue weighted by atomic mass is 32.2. The summed E-state index contributed by atoms with van der Waals surface area (Å²) in [7, 11) is 0. The zero-order valence-electron chi connectivity index (χ0n) is 13.9. The van der Waals surface area contributed by atoms with Crippen molar-refractivity contribution in [1.29, 1.82) is 0 Å².